The van der Waals surface area contributed by atoms with Crippen LogP contribution < -0.4 is 0 Å². The molecule has 0 unspecified atom stereocenters. The van der Waals surface area contributed by atoms with Crippen LogP contribution in [0.4, 0.5) is 0 Å². The topological polar surface area (TPSA) is 55.3 Å². The molecule has 0 radical (unpaired) electrons. The number of hydrogen-bond acceptors (Lipinski definition) is 4. The van der Waals surface area contributed by atoms with Gasteiger partial charge in [0, 0.05) is 25.8 Å². The van der Waals surface area contributed by atoms with E-state index in [-0.39, 0.29) is 18.1 Å². The van der Waals surface area contributed by atoms with Crippen LogP contribution in [-0.2, 0) is 4.74 Å². The average molecular weight is 247 g/mol. The molecule has 2 fully saturated rings. The highest BCUT2D eigenvalue weighted by Gasteiger charge is 2.49. The van der Waals surface area contributed by atoms with E-state index in [1.807, 2.05) is 11.8 Å². The summed E-state index contributed by atoms with van der Waals surface area (Å²) < 4.78 is 5.50. The molecule has 5 nitrogen and oxygen atoms in total. The maximum atomic E-state index is 12.4. The molecule has 1 saturated heterocycles. The lowest BCUT2D eigenvalue weighted by molar-refractivity contribution is 0.0541. The predicted octanol–water partition coefficient (Wildman–Crippen LogP) is 1.03. The van der Waals surface area contributed by atoms with Gasteiger partial charge in [0.25, 0.3) is 5.91 Å². The molecule has 1 aliphatic heterocycles. The molecular weight excluding hydrogens is 230 g/mol. The average Bonchev–Trinajstić information content (AvgIpc) is 2.95. The Morgan fingerprint density at radius 3 is 2.83 bits per heavy atom. The molecule has 0 N–H and O–H groups in total. The van der Waals surface area contributed by atoms with Crippen LogP contribution >= 0.6 is 0 Å². The summed E-state index contributed by atoms with van der Waals surface area (Å²) in [6, 6.07) is 0.218. The highest BCUT2D eigenvalue weighted by molar-refractivity contribution is 5.92. The fraction of sp³-hybridized carbons (Fsp3) is 0.615. The number of nitrogens with zero attached hydrogens (tertiary/aromatic N) is 3. The van der Waals surface area contributed by atoms with Crippen LogP contribution in [0.25, 0.3) is 0 Å². The molecule has 2 heterocycles. The van der Waals surface area contributed by atoms with Crippen molar-refractivity contribution < 1.29 is 9.53 Å². The Morgan fingerprint density at radius 2 is 2.22 bits per heavy atom. The summed E-state index contributed by atoms with van der Waals surface area (Å²) in [5, 5.41) is 0. The summed E-state index contributed by atoms with van der Waals surface area (Å²) in [6.45, 7) is 2.65. The van der Waals surface area contributed by atoms with E-state index in [9.17, 15) is 4.79 Å². The predicted molar refractivity (Wildman–Crippen MR) is 65.1 cm³/mol. The van der Waals surface area contributed by atoms with Crippen molar-refractivity contribution in [1.29, 1.82) is 0 Å². The molecule has 96 valence electrons. The van der Waals surface area contributed by atoms with Gasteiger partial charge in [-0.1, -0.05) is 0 Å². The minimum absolute atomic E-state index is 0.0169. The van der Waals surface area contributed by atoms with E-state index < -0.39 is 0 Å². The Morgan fingerprint density at radius 1 is 1.39 bits per heavy atom. The van der Waals surface area contributed by atoms with Gasteiger partial charge in [0.15, 0.2) is 0 Å². The van der Waals surface area contributed by atoms with Crippen molar-refractivity contribution in [2.24, 2.45) is 5.92 Å². The maximum absolute atomic E-state index is 12.4. The van der Waals surface area contributed by atoms with Gasteiger partial charge in [0.2, 0.25) is 0 Å². The van der Waals surface area contributed by atoms with Crippen molar-refractivity contribution in [3.63, 3.8) is 0 Å². The largest absolute Gasteiger partial charge is 0.379 e. The van der Waals surface area contributed by atoms with Gasteiger partial charge in [-0.2, -0.15) is 0 Å². The first kappa shape index (κ1) is 11.6. The zero-order valence-electron chi connectivity index (χ0n) is 10.7. The van der Waals surface area contributed by atoms with Gasteiger partial charge in [-0.25, -0.2) is 4.98 Å². The molecule has 3 rings (SSSR count). The van der Waals surface area contributed by atoms with Crippen molar-refractivity contribution in [3.8, 4) is 0 Å². The normalized spacial score (nSPS) is 29.9. The smallest absolute Gasteiger partial charge is 0.274 e. The number of aryl methyl sites for hydroxylation is 1. The van der Waals surface area contributed by atoms with E-state index in [0.29, 0.717) is 11.6 Å². The molecule has 1 amide bonds. The van der Waals surface area contributed by atoms with Gasteiger partial charge < -0.3 is 9.64 Å². The number of methoxy groups -OCH3 is 1. The molecule has 1 aromatic rings. The molecule has 1 saturated carbocycles. The second kappa shape index (κ2) is 4.31. The second-order valence-corrected chi connectivity index (χ2v) is 5.11. The molecule has 2 bridgehead atoms. The van der Waals surface area contributed by atoms with Gasteiger partial charge in [0.1, 0.15) is 5.69 Å². The minimum atomic E-state index is -0.0169. The van der Waals surface area contributed by atoms with Crippen LogP contribution in [0, 0.1) is 12.8 Å². The van der Waals surface area contributed by atoms with Gasteiger partial charge in [-0.15, -0.1) is 0 Å². The Kier molecular flexibility index (Phi) is 2.78. The number of aromatic nitrogens is 2. The summed E-state index contributed by atoms with van der Waals surface area (Å²) in [5.41, 5.74) is 1.26. The van der Waals surface area contributed by atoms with Crippen LogP contribution in [0.15, 0.2) is 12.4 Å². The van der Waals surface area contributed by atoms with Crippen molar-refractivity contribution in [3.05, 3.63) is 23.8 Å². The number of fused-ring (bicyclic) bond motifs is 2. The lowest BCUT2D eigenvalue weighted by atomic mass is 10.1. The minimum Gasteiger partial charge on any atom is -0.379 e. The van der Waals surface area contributed by atoms with E-state index >= 15 is 0 Å². The number of carbonyl (C=O) groups excluding carboxylic acids is 1. The fourth-order valence-electron chi connectivity index (χ4n) is 3.18. The second-order valence-electron chi connectivity index (χ2n) is 5.11. The number of likely N-dealkylation sites (tertiary alicyclic amines) is 1. The van der Waals surface area contributed by atoms with E-state index in [1.54, 1.807) is 19.5 Å². The van der Waals surface area contributed by atoms with Crippen LogP contribution in [0.5, 0.6) is 0 Å². The van der Waals surface area contributed by atoms with Gasteiger partial charge in [-0.05, 0) is 19.8 Å². The van der Waals surface area contributed by atoms with E-state index in [0.717, 1.165) is 25.1 Å². The lowest BCUT2D eigenvalue weighted by Gasteiger charge is -2.26. The van der Waals surface area contributed by atoms with Crippen molar-refractivity contribution in [2.45, 2.75) is 31.9 Å². The monoisotopic (exact) mass is 247 g/mol. The fourth-order valence-corrected chi connectivity index (χ4v) is 3.18. The summed E-state index contributed by atoms with van der Waals surface area (Å²) in [6.07, 6.45) is 5.59. The van der Waals surface area contributed by atoms with Crippen LogP contribution in [0.1, 0.15) is 29.0 Å². The first-order valence-corrected chi connectivity index (χ1v) is 6.33. The summed E-state index contributed by atoms with van der Waals surface area (Å²) >= 11 is 0. The first-order valence-electron chi connectivity index (χ1n) is 6.33. The van der Waals surface area contributed by atoms with Crippen LogP contribution in [-0.4, -0.2) is 46.6 Å². The molecule has 1 aromatic heterocycles. The van der Waals surface area contributed by atoms with Crippen molar-refractivity contribution in [2.75, 3.05) is 13.7 Å². The van der Waals surface area contributed by atoms with E-state index in [1.165, 1.54) is 0 Å². The van der Waals surface area contributed by atoms with E-state index in [2.05, 4.69) is 9.97 Å². The van der Waals surface area contributed by atoms with Crippen molar-refractivity contribution in [1.82, 2.24) is 14.9 Å². The molecule has 5 heteroatoms. The zero-order valence-corrected chi connectivity index (χ0v) is 10.7. The summed E-state index contributed by atoms with van der Waals surface area (Å²) in [7, 11) is 1.73. The van der Waals surface area contributed by atoms with E-state index in [4.69, 9.17) is 4.74 Å². The summed E-state index contributed by atoms with van der Waals surface area (Å²) in [4.78, 5) is 22.6. The van der Waals surface area contributed by atoms with Crippen LogP contribution in [0.2, 0.25) is 0 Å². The number of ether oxygens (including phenoxy) is 1. The Bertz CT molecular complexity index is 460. The first-order chi connectivity index (χ1) is 8.70. The molecular formula is C13H17N3O2. The molecule has 0 spiro atoms. The van der Waals surface area contributed by atoms with Crippen molar-refractivity contribution >= 4 is 5.91 Å². The lowest BCUT2D eigenvalue weighted by Crippen LogP contribution is -2.40. The molecule has 3 atom stereocenters. The zero-order chi connectivity index (χ0) is 12.7. The standard InChI is InChI=1S/C13H17N3O2/c1-8-5-15-10(6-14-8)13(17)16-7-9-3-4-11(16)12(9)18-2/h5-6,9,11-12H,3-4,7H2,1-2H3/t9-,11+,12+/m0/s1. The maximum Gasteiger partial charge on any atom is 0.274 e. The van der Waals surface area contributed by atoms with Gasteiger partial charge in [0.05, 0.1) is 24.0 Å². The SMILES string of the molecule is CO[C@@H]1[C@H]2CC[C@H]1N(C(=O)c1cnc(C)cn1)C2. The third kappa shape index (κ3) is 1.70. The van der Waals surface area contributed by atoms with Gasteiger partial charge in [-0.3, -0.25) is 9.78 Å². The Balaban J connectivity index is 1.80. The number of hydrogen-bond donors (Lipinski definition) is 0. The highest BCUT2D eigenvalue weighted by atomic mass is 16.5. The molecule has 1 aliphatic carbocycles. The molecule has 0 aromatic carbocycles. The third-order valence-electron chi connectivity index (χ3n) is 4.04. The summed E-state index contributed by atoms with van der Waals surface area (Å²) in [5.74, 6) is 0.471. The van der Waals surface area contributed by atoms with Gasteiger partial charge >= 0.3 is 0 Å². The number of piperidine rings is 1. The third-order valence-corrected chi connectivity index (χ3v) is 4.04. The highest BCUT2D eigenvalue weighted by Crippen LogP contribution is 2.39. The molecule has 2 aliphatic rings. The molecule has 18 heavy (non-hydrogen) atoms. The number of amides is 1. The van der Waals surface area contributed by atoms with Crippen LogP contribution in [0.3, 0.4) is 0 Å². The number of carbonyl (C=O) groups is 1. The number of rotatable bonds is 2. The Hall–Kier alpha value is -1.49. The Labute approximate surface area is 106 Å². The quantitative estimate of drug-likeness (QED) is 0.783.